The summed E-state index contributed by atoms with van der Waals surface area (Å²) in [5, 5.41) is 0. The lowest BCUT2D eigenvalue weighted by molar-refractivity contribution is 0.525. The molecule has 0 saturated carbocycles. The van der Waals surface area contributed by atoms with Gasteiger partial charge in [-0.3, -0.25) is 0 Å². The van der Waals surface area contributed by atoms with E-state index in [0.29, 0.717) is 4.90 Å². The molecule has 1 aliphatic rings. The lowest BCUT2D eigenvalue weighted by Gasteiger charge is -2.09. The van der Waals surface area contributed by atoms with Crippen LogP contribution in [0.3, 0.4) is 0 Å². The second-order valence-corrected chi connectivity index (χ2v) is 10.2. The van der Waals surface area contributed by atoms with Gasteiger partial charge in [-0.2, -0.15) is 4.31 Å². The molecule has 3 rings (SSSR count). The molecule has 1 fully saturated rings. The lowest BCUT2D eigenvalue weighted by Crippen LogP contribution is -2.18. The van der Waals surface area contributed by atoms with E-state index in [0.717, 1.165) is 31.2 Å². The van der Waals surface area contributed by atoms with E-state index in [4.69, 9.17) is 0 Å². The highest BCUT2D eigenvalue weighted by molar-refractivity contribution is 7.89. The zero-order valence-electron chi connectivity index (χ0n) is 17.4. The highest BCUT2D eigenvalue weighted by Gasteiger charge is 2.61. The topological polar surface area (TPSA) is 37.1 Å². The summed E-state index contributed by atoms with van der Waals surface area (Å²) in [5.74, 6) is 0. The molecule has 150 valence electrons. The molecule has 0 aromatic heterocycles. The van der Waals surface area contributed by atoms with Crippen LogP contribution in [-0.4, -0.2) is 24.3 Å². The van der Waals surface area contributed by atoms with Crippen molar-refractivity contribution in [2.45, 2.75) is 69.9 Å². The maximum atomic E-state index is 13.0. The summed E-state index contributed by atoms with van der Waals surface area (Å²) in [6, 6.07) is 17.7. The van der Waals surface area contributed by atoms with E-state index in [1.807, 2.05) is 39.0 Å². The number of rotatable bonds is 8. The quantitative estimate of drug-likeness (QED) is 0.435. The van der Waals surface area contributed by atoms with Crippen LogP contribution in [0.2, 0.25) is 0 Å². The van der Waals surface area contributed by atoms with Gasteiger partial charge in [-0.25, -0.2) is 8.42 Å². The van der Waals surface area contributed by atoms with Crippen molar-refractivity contribution in [1.82, 2.24) is 4.31 Å². The molecular formula is C24H31NO2S. The van der Waals surface area contributed by atoms with E-state index in [1.54, 1.807) is 16.4 Å². The number of benzene rings is 2. The Morgan fingerprint density at radius 2 is 1.71 bits per heavy atom. The lowest BCUT2D eigenvalue weighted by atomic mass is 10.0. The van der Waals surface area contributed by atoms with Crippen LogP contribution in [0.15, 0.2) is 71.1 Å². The van der Waals surface area contributed by atoms with Crippen molar-refractivity contribution in [3.8, 4) is 0 Å². The van der Waals surface area contributed by atoms with Gasteiger partial charge >= 0.3 is 0 Å². The van der Waals surface area contributed by atoms with Crippen LogP contribution in [0.5, 0.6) is 0 Å². The first-order valence-electron chi connectivity index (χ1n) is 10.0. The Balaban J connectivity index is 1.57. The number of aryl methyl sites for hydroxylation is 2. The first kappa shape index (κ1) is 20.8. The molecule has 28 heavy (non-hydrogen) atoms. The van der Waals surface area contributed by atoms with Gasteiger partial charge in [0, 0.05) is 11.6 Å². The number of allylic oxidation sites excluding steroid dienone is 2. The fraction of sp³-hybridized carbons (Fsp3) is 0.417. The summed E-state index contributed by atoms with van der Waals surface area (Å²) in [4.78, 5) is 0.392. The van der Waals surface area contributed by atoms with Crippen molar-refractivity contribution in [3.63, 3.8) is 0 Å². The number of sulfonamides is 1. The molecule has 2 atom stereocenters. The van der Waals surface area contributed by atoms with Crippen LogP contribution in [0.4, 0.5) is 0 Å². The number of nitrogens with zero attached hydrogens (tertiary/aromatic N) is 1. The van der Waals surface area contributed by atoms with Gasteiger partial charge in [0.2, 0.25) is 10.0 Å². The Morgan fingerprint density at radius 1 is 1.07 bits per heavy atom. The predicted molar refractivity (Wildman–Crippen MR) is 116 cm³/mol. The average Bonchev–Trinajstić information content (AvgIpc) is 3.23. The predicted octanol–water partition coefficient (Wildman–Crippen LogP) is 5.51. The minimum absolute atomic E-state index is 0.0660. The molecule has 0 amide bonds. The first-order valence-corrected chi connectivity index (χ1v) is 11.5. The second-order valence-electron chi connectivity index (χ2n) is 8.40. The Kier molecular flexibility index (Phi) is 6.11. The van der Waals surface area contributed by atoms with Crippen molar-refractivity contribution < 1.29 is 8.42 Å². The summed E-state index contributed by atoms with van der Waals surface area (Å²) in [6.07, 6.45) is 6.16. The fourth-order valence-corrected chi connectivity index (χ4v) is 6.00. The molecule has 0 N–H and O–H groups in total. The van der Waals surface area contributed by atoms with Crippen LogP contribution in [0, 0.1) is 6.92 Å². The van der Waals surface area contributed by atoms with Crippen molar-refractivity contribution in [2.75, 3.05) is 0 Å². The zero-order valence-corrected chi connectivity index (χ0v) is 18.2. The van der Waals surface area contributed by atoms with Gasteiger partial charge in [-0.15, -0.1) is 0 Å². The molecule has 0 bridgehead atoms. The fourth-order valence-electron chi connectivity index (χ4n) is 3.90. The van der Waals surface area contributed by atoms with Crippen LogP contribution in [0.25, 0.3) is 0 Å². The summed E-state index contributed by atoms with van der Waals surface area (Å²) in [6.45, 7) is 8.17. The Labute approximate surface area is 170 Å². The third-order valence-electron chi connectivity index (χ3n) is 5.76. The molecule has 0 radical (unpaired) electrons. The largest absolute Gasteiger partial charge is 0.243 e. The number of hydrogen-bond acceptors (Lipinski definition) is 2. The van der Waals surface area contributed by atoms with E-state index in [-0.39, 0.29) is 11.6 Å². The van der Waals surface area contributed by atoms with E-state index in [1.165, 1.54) is 11.1 Å². The molecule has 1 aliphatic heterocycles. The van der Waals surface area contributed by atoms with E-state index < -0.39 is 10.0 Å². The third-order valence-corrected chi connectivity index (χ3v) is 7.87. The van der Waals surface area contributed by atoms with Gasteiger partial charge in [0.15, 0.2) is 0 Å². The van der Waals surface area contributed by atoms with Crippen molar-refractivity contribution in [1.29, 1.82) is 0 Å². The van der Waals surface area contributed by atoms with Crippen LogP contribution in [0.1, 0.15) is 51.2 Å². The van der Waals surface area contributed by atoms with E-state index >= 15 is 0 Å². The van der Waals surface area contributed by atoms with Gasteiger partial charge in [0.05, 0.1) is 4.90 Å². The molecule has 3 nitrogen and oxygen atoms in total. The maximum Gasteiger partial charge on any atom is 0.243 e. The summed E-state index contributed by atoms with van der Waals surface area (Å²) < 4.78 is 27.7. The molecule has 4 heteroatoms. The molecule has 1 heterocycles. The van der Waals surface area contributed by atoms with Crippen molar-refractivity contribution in [2.24, 2.45) is 0 Å². The van der Waals surface area contributed by atoms with Gasteiger partial charge < -0.3 is 0 Å². The van der Waals surface area contributed by atoms with E-state index in [9.17, 15) is 8.42 Å². The maximum absolute atomic E-state index is 13.0. The van der Waals surface area contributed by atoms with Gasteiger partial charge in [-0.1, -0.05) is 59.7 Å². The molecule has 2 unspecified atom stereocenters. The van der Waals surface area contributed by atoms with Crippen LogP contribution >= 0.6 is 0 Å². The Bertz CT molecular complexity index is 928. The Morgan fingerprint density at radius 3 is 2.36 bits per heavy atom. The molecule has 2 aromatic carbocycles. The smallest absolute Gasteiger partial charge is 0.207 e. The van der Waals surface area contributed by atoms with Crippen LogP contribution < -0.4 is 0 Å². The van der Waals surface area contributed by atoms with Gasteiger partial charge in [0.25, 0.3) is 0 Å². The SMILES string of the molecule is CC(=CCCc1ccccc1)CCC1N(S(=O)(=O)c2ccc(C)cc2)C1(C)C. The van der Waals surface area contributed by atoms with E-state index in [2.05, 4.69) is 37.3 Å². The zero-order chi connectivity index (χ0) is 20.4. The standard InChI is InChI=1S/C24H31NO2S/c1-19(9-8-12-21-10-6-5-7-11-21)15-18-23-24(3,4)25(23)28(26,27)22-16-13-20(2)14-17-22/h5-7,9-11,13-14,16-17,23H,8,12,15,18H2,1-4H3. The minimum atomic E-state index is -3.43. The molecule has 2 aromatic rings. The molecule has 0 aliphatic carbocycles. The molecule has 0 spiro atoms. The third kappa shape index (κ3) is 4.56. The normalized spacial score (nSPS) is 21.5. The highest BCUT2D eigenvalue weighted by Crippen LogP contribution is 2.48. The van der Waals surface area contributed by atoms with Crippen LogP contribution in [-0.2, 0) is 16.4 Å². The second kappa shape index (κ2) is 8.22. The first-order chi connectivity index (χ1) is 13.2. The number of hydrogen-bond donors (Lipinski definition) is 0. The molecular weight excluding hydrogens is 366 g/mol. The van der Waals surface area contributed by atoms with Crippen molar-refractivity contribution in [3.05, 3.63) is 77.4 Å². The van der Waals surface area contributed by atoms with Crippen molar-refractivity contribution >= 4 is 10.0 Å². The molecule has 1 saturated heterocycles. The minimum Gasteiger partial charge on any atom is -0.207 e. The summed E-state index contributed by atoms with van der Waals surface area (Å²) in [7, 11) is -3.43. The van der Waals surface area contributed by atoms with Gasteiger partial charge in [0.1, 0.15) is 0 Å². The monoisotopic (exact) mass is 397 g/mol. The Hall–Kier alpha value is -1.91. The summed E-state index contributed by atoms with van der Waals surface area (Å²) >= 11 is 0. The van der Waals surface area contributed by atoms with Gasteiger partial charge in [-0.05, 0) is 71.1 Å². The summed E-state index contributed by atoms with van der Waals surface area (Å²) in [5.41, 5.74) is 3.45. The average molecular weight is 398 g/mol. The highest BCUT2D eigenvalue weighted by atomic mass is 32.2.